The molecule has 0 amide bonds. The van der Waals surface area contributed by atoms with Gasteiger partial charge in [-0.05, 0) is 54.6 Å². The van der Waals surface area contributed by atoms with Crippen LogP contribution in [0.1, 0.15) is 23.7 Å². The van der Waals surface area contributed by atoms with Gasteiger partial charge < -0.3 is 9.82 Å². The van der Waals surface area contributed by atoms with E-state index in [1.54, 1.807) is 42.5 Å². The molecule has 0 spiro atoms. The highest BCUT2D eigenvalue weighted by atomic mass is 35.5. The van der Waals surface area contributed by atoms with Gasteiger partial charge in [-0.2, -0.15) is 0 Å². The molecule has 0 aliphatic rings. The molecule has 8 heteroatoms. The van der Waals surface area contributed by atoms with Gasteiger partial charge in [0, 0.05) is 56.4 Å². The summed E-state index contributed by atoms with van der Waals surface area (Å²) in [5.74, 6) is -0.485. The molecule has 166 valence electrons. The molecule has 3 aromatic carbocycles. The minimum Gasteiger partial charge on any atom is -0.354 e. The number of pyridine rings is 1. The van der Waals surface area contributed by atoms with E-state index in [0.717, 1.165) is 10.4 Å². The van der Waals surface area contributed by atoms with Gasteiger partial charge in [0.05, 0.1) is 0 Å². The van der Waals surface area contributed by atoms with Gasteiger partial charge in [0.15, 0.2) is 5.43 Å². The van der Waals surface area contributed by atoms with E-state index < -0.39 is 11.8 Å². The molecule has 0 saturated heterocycles. The molecule has 0 radical (unpaired) electrons. The molecular formula is C25H19ClN2O4S. The number of Topliss-reactive ketones (excluding diaryl/α,β-unsaturated/α-hetero) is 1. The van der Waals surface area contributed by atoms with E-state index in [1.807, 2.05) is 24.3 Å². The quantitative estimate of drug-likeness (QED) is 0.0929. The predicted molar refractivity (Wildman–Crippen MR) is 132 cm³/mol. The van der Waals surface area contributed by atoms with Crippen LogP contribution in [-0.4, -0.2) is 28.2 Å². The van der Waals surface area contributed by atoms with Crippen molar-refractivity contribution < 1.29 is 14.4 Å². The number of H-pyrrole nitrogens is 1. The maximum absolute atomic E-state index is 13.2. The molecule has 4 rings (SSSR count). The average molecular weight is 479 g/mol. The van der Waals surface area contributed by atoms with Crippen LogP contribution in [0, 0.1) is 0 Å². The van der Waals surface area contributed by atoms with E-state index in [1.165, 1.54) is 18.7 Å². The van der Waals surface area contributed by atoms with E-state index >= 15 is 0 Å². The molecule has 0 saturated carbocycles. The molecule has 6 nitrogen and oxygen atoms in total. The number of halogens is 1. The maximum Gasteiger partial charge on any atom is 0.331 e. The number of fused-ring (bicyclic) bond motifs is 2. The van der Waals surface area contributed by atoms with Crippen molar-refractivity contribution in [3.05, 3.63) is 87.5 Å². The highest BCUT2D eigenvalue weighted by Crippen LogP contribution is 2.22. The van der Waals surface area contributed by atoms with Crippen molar-refractivity contribution >= 4 is 62.6 Å². The summed E-state index contributed by atoms with van der Waals surface area (Å²) in [6.07, 6.45) is 0.269. The fraction of sp³-hybridized carbons (Fsp3) is 0.120. The van der Waals surface area contributed by atoms with Crippen molar-refractivity contribution in [1.82, 2.24) is 4.98 Å². The Balaban J connectivity index is 1.61. The van der Waals surface area contributed by atoms with Gasteiger partial charge in [0.1, 0.15) is 5.71 Å². The Hall–Kier alpha value is -3.42. The minimum absolute atomic E-state index is 0.100. The smallest absolute Gasteiger partial charge is 0.331 e. The number of aromatic amines is 1. The normalized spacial score (nSPS) is 11.6. The summed E-state index contributed by atoms with van der Waals surface area (Å²) < 4.78 is 0. The van der Waals surface area contributed by atoms with Gasteiger partial charge in [0.25, 0.3) is 0 Å². The van der Waals surface area contributed by atoms with Crippen LogP contribution >= 0.6 is 23.4 Å². The van der Waals surface area contributed by atoms with E-state index in [4.69, 9.17) is 16.4 Å². The number of para-hydroxylation sites is 1. The number of carbonyl (C=O) groups excluding carboxylic acids is 2. The number of oxime groups is 1. The molecule has 0 unspecified atom stereocenters. The molecule has 0 bridgehead atoms. The van der Waals surface area contributed by atoms with Gasteiger partial charge >= 0.3 is 5.97 Å². The number of hydrogen-bond donors (Lipinski definition) is 1. The van der Waals surface area contributed by atoms with Gasteiger partial charge in [-0.15, -0.1) is 11.8 Å². The molecule has 1 heterocycles. The lowest BCUT2D eigenvalue weighted by molar-refractivity contribution is -0.140. The summed E-state index contributed by atoms with van der Waals surface area (Å²) in [5, 5.41) is 5.39. The van der Waals surface area contributed by atoms with Crippen LogP contribution in [0.15, 0.2) is 81.6 Å². The van der Waals surface area contributed by atoms with E-state index in [-0.39, 0.29) is 17.6 Å². The number of carbonyl (C=O) groups is 2. The number of nitrogens with zero attached hydrogens (tertiary/aromatic N) is 1. The summed E-state index contributed by atoms with van der Waals surface area (Å²) in [6.45, 7) is 1.22. The predicted octanol–water partition coefficient (Wildman–Crippen LogP) is 5.62. The molecule has 33 heavy (non-hydrogen) atoms. The van der Waals surface area contributed by atoms with Crippen LogP contribution in [0.2, 0.25) is 5.02 Å². The number of benzene rings is 3. The van der Waals surface area contributed by atoms with E-state index in [0.29, 0.717) is 32.6 Å². The number of thioether (sulfide) groups is 1. The summed E-state index contributed by atoms with van der Waals surface area (Å²) in [4.78, 5) is 46.4. The topological polar surface area (TPSA) is 88.6 Å². The van der Waals surface area contributed by atoms with Crippen LogP contribution in [0.25, 0.3) is 21.8 Å². The highest BCUT2D eigenvalue weighted by molar-refractivity contribution is 7.99. The highest BCUT2D eigenvalue weighted by Gasteiger charge is 2.17. The van der Waals surface area contributed by atoms with Gasteiger partial charge in [-0.3, -0.25) is 9.59 Å². The number of rotatable bonds is 7. The number of aromatic nitrogens is 1. The summed E-state index contributed by atoms with van der Waals surface area (Å²) in [7, 11) is 0. The lowest BCUT2D eigenvalue weighted by atomic mass is 10.0. The van der Waals surface area contributed by atoms with Crippen LogP contribution in [0.3, 0.4) is 0 Å². The molecule has 0 atom stereocenters. The first-order valence-corrected chi connectivity index (χ1v) is 11.5. The van der Waals surface area contributed by atoms with Crippen molar-refractivity contribution in [2.75, 3.05) is 5.75 Å². The maximum atomic E-state index is 13.2. The zero-order valence-corrected chi connectivity index (χ0v) is 19.2. The monoisotopic (exact) mass is 478 g/mol. The summed E-state index contributed by atoms with van der Waals surface area (Å²) in [5.41, 5.74) is 1.59. The fourth-order valence-electron chi connectivity index (χ4n) is 3.35. The third kappa shape index (κ3) is 5.32. The Kier molecular flexibility index (Phi) is 6.91. The SMILES string of the molecule is CC(=O)ON=C(CCSc1ccc(Cl)cc1)C(=O)c1ccc2[nH]c3ccccc3c(=O)c2c1. The van der Waals surface area contributed by atoms with Gasteiger partial charge in [-0.25, -0.2) is 4.79 Å². The first kappa shape index (κ1) is 22.8. The van der Waals surface area contributed by atoms with Crippen LogP contribution < -0.4 is 5.43 Å². The van der Waals surface area contributed by atoms with Gasteiger partial charge in [0.2, 0.25) is 5.78 Å². The van der Waals surface area contributed by atoms with Crippen molar-refractivity contribution in [2.45, 2.75) is 18.2 Å². The third-order valence-corrected chi connectivity index (χ3v) is 6.20. The molecule has 0 aliphatic heterocycles. The zero-order valence-electron chi connectivity index (χ0n) is 17.6. The van der Waals surface area contributed by atoms with Crippen LogP contribution in [0.5, 0.6) is 0 Å². The lowest BCUT2D eigenvalue weighted by Gasteiger charge is -2.08. The fourth-order valence-corrected chi connectivity index (χ4v) is 4.33. The van der Waals surface area contributed by atoms with Crippen LogP contribution in [-0.2, 0) is 9.63 Å². The second-order valence-electron chi connectivity index (χ2n) is 7.26. The number of nitrogens with one attached hydrogen (secondary N) is 1. The first-order chi connectivity index (χ1) is 15.9. The number of hydrogen-bond acceptors (Lipinski definition) is 6. The first-order valence-electron chi connectivity index (χ1n) is 10.1. The third-order valence-electron chi connectivity index (χ3n) is 4.94. The van der Waals surface area contributed by atoms with Crippen molar-refractivity contribution in [3.63, 3.8) is 0 Å². The lowest BCUT2D eigenvalue weighted by Crippen LogP contribution is -2.17. The van der Waals surface area contributed by atoms with Crippen molar-refractivity contribution in [2.24, 2.45) is 5.16 Å². The van der Waals surface area contributed by atoms with Gasteiger partial charge in [-0.1, -0.05) is 28.9 Å². The average Bonchev–Trinajstić information content (AvgIpc) is 2.82. The Morgan fingerprint density at radius 1 is 1.00 bits per heavy atom. The largest absolute Gasteiger partial charge is 0.354 e. The Bertz CT molecular complexity index is 1440. The Morgan fingerprint density at radius 3 is 2.48 bits per heavy atom. The molecule has 4 aromatic rings. The van der Waals surface area contributed by atoms with E-state index in [2.05, 4.69) is 10.1 Å². The van der Waals surface area contributed by atoms with Crippen molar-refractivity contribution in [3.8, 4) is 0 Å². The molecular weight excluding hydrogens is 460 g/mol. The zero-order chi connectivity index (χ0) is 23.4. The second kappa shape index (κ2) is 10.0. The standard InChI is InChI=1S/C25H19ClN2O4S/c1-15(29)32-28-23(12-13-33-18-9-7-17(26)8-10-18)24(30)16-6-11-22-20(14-16)25(31)19-4-2-3-5-21(19)27-22/h2-11,14H,12-13H2,1H3,(H,27,31). The molecule has 0 aliphatic carbocycles. The van der Waals surface area contributed by atoms with Crippen molar-refractivity contribution in [1.29, 1.82) is 0 Å². The molecule has 1 aromatic heterocycles. The summed E-state index contributed by atoms with van der Waals surface area (Å²) >= 11 is 7.44. The molecule has 0 fully saturated rings. The second-order valence-corrected chi connectivity index (χ2v) is 8.87. The minimum atomic E-state index is -0.618. The van der Waals surface area contributed by atoms with E-state index in [9.17, 15) is 14.4 Å². The Labute approximate surface area is 198 Å². The summed E-state index contributed by atoms with van der Waals surface area (Å²) in [6, 6.07) is 19.4. The van der Waals surface area contributed by atoms with Crippen LogP contribution in [0.4, 0.5) is 0 Å². The molecule has 1 N–H and O–H groups in total. The Morgan fingerprint density at radius 2 is 1.73 bits per heavy atom. The number of ketones is 1.